The molecule has 15 heavy (non-hydrogen) atoms. The Balaban J connectivity index is 1.82. The Morgan fingerprint density at radius 1 is 1.47 bits per heavy atom. The van der Waals surface area contributed by atoms with E-state index in [1.54, 1.807) is 0 Å². The van der Waals surface area contributed by atoms with Gasteiger partial charge in [0.15, 0.2) is 0 Å². The average Bonchev–Trinajstić information content (AvgIpc) is 2.86. The van der Waals surface area contributed by atoms with Crippen LogP contribution in [0.5, 0.6) is 0 Å². The van der Waals surface area contributed by atoms with Crippen molar-refractivity contribution in [3.05, 3.63) is 22.4 Å². The molecule has 1 aliphatic carbocycles. The molecule has 0 radical (unpaired) electrons. The zero-order valence-electron chi connectivity index (χ0n) is 9.70. The minimum absolute atomic E-state index is 0.559. The molecular weight excluding hydrogens is 202 g/mol. The van der Waals surface area contributed by atoms with Crippen LogP contribution in [0.4, 0.5) is 0 Å². The SMILES string of the molecule is CC(C)C(NCCC1CC1)c1cccs1. The Labute approximate surface area is 96.9 Å². The Morgan fingerprint density at radius 3 is 2.80 bits per heavy atom. The first-order valence-corrected chi connectivity index (χ1v) is 6.92. The van der Waals surface area contributed by atoms with Gasteiger partial charge in [0, 0.05) is 10.9 Å². The van der Waals surface area contributed by atoms with E-state index in [-0.39, 0.29) is 0 Å². The van der Waals surface area contributed by atoms with Crippen molar-refractivity contribution in [3.8, 4) is 0 Å². The summed E-state index contributed by atoms with van der Waals surface area (Å²) in [5, 5.41) is 5.88. The minimum atomic E-state index is 0.559. The normalized spacial score (nSPS) is 18.3. The summed E-state index contributed by atoms with van der Waals surface area (Å²) < 4.78 is 0. The van der Waals surface area contributed by atoms with Crippen LogP contribution in [0.25, 0.3) is 0 Å². The van der Waals surface area contributed by atoms with E-state index in [9.17, 15) is 0 Å². The lowest BCUT2D eigenvalue weighted by Crippen LogP contribution is -2.26. The van der Waals surface area contributed by atoms with Crippen LogP contribution in [0.1, 0.15) is 44.0 Å². The Kier molecular flexibility index (Phi) is 3.81. The van der Waals surface area contributed by atoms with Crippen LogP contribution >= 0.6 is 11.3 Å². The van der Waals surface area contributed by atoms with Crippen molar-refractivity contribution in [1.29, 1.82) is 0 Å². The van der Waals surface area contributed by atoms with Gasteiger partial charge in [0.2, 0.25) is 0 Å². The lowest BCUT2D eigenvalue weighted by molar-refractivity contribution is 0.410. The summed E-state index contributed by atoms with van der Waals surface area (Å²) in [4.78, 5) is 1.49. The minimum Gasteiger partial charge on any atom is -0.309 e. The third-order valence-electron chi connectivity index (χ3n) is 3.13. The molecule has 0 saturated heterocycles. The van der Waals surface area contributed by atoms with Crippen LogP contribution in [0, 0.1) is 11.8 Å². The van der Waals surface area contributed by atoms with Gasteiger partial charge in [-0.15, -0.1) is 11.3 Å². The zero-order valence-corrected chi connectivity index (χ0v) is 10.5. The molecule has 0 aliphatic heterocycles. The summed E-state index contributed by atoms with van der Waals surface area (Å²) >= 11 is 1.87. The van der Waals surface area contributed by atoms with Crippen LogP contribution in [0.15, 0.2) is 17.5 Å². The molecule has 1 atom stereocenters. The van der Waals surface area contributed by atoms with Gasteiger partial charge in [0.1, 0.15) is 0 Å². The number of hydrogen-bond acceptors (Lipinski definition) is 2. The second-order valence-electron chi connectivity index (χ2n) is 4.92. The molecule has 1 saturated carbocycles. The van der Waals surface area contributed by atoms with Crippen molar-refractivity contribution in [2.75, 3.05) is 6.54 Å². The van der Waals surface area contributed by atoms with Gasteiger partial charge >= 0.3 is 0 Å². The summed E-state index contributed by atoms with van der Waals surface area (Å²) in [7, 11) is 0. The van der Waals surface area contributed by atoms with E-state index in [2.05, 4.69) is 36.7 Å². The molecule has 1 nitrogen and oxygen atoms in total. The average molecular weight is 223 g/mol. The highest BCUT2D eigenvalue weighted by Crippen LogP contribution is 2.32. The van der Waals surface area contributed by atoms with Crippen molar-refractivity contribution >= 4 is 11.3 Å². The second-order valence-corrected chi connectivity index (χ2v) is 5.90. The van der Waals surface area contributed by atoms with Gasteiger partial charge in [-0.1, -0.05) is 32.8 Å². The summed E-state index contributed by atoms with van der Waals surface area (Å²) in [6.45, 7) is 5.79. The standard InChI is InChI=1S/C13H21NS/c1-10(2)13(12-4-3-9-15-12)14-8-7-11-5-6-11/h3-4,9-11,13-14H,5-8H2,1-2H3. The van der Waals surface area contributed by atoms with Crippen molar-refractivity contribution in [3.63, 3.8) is 0 Å². The van der Waals surface area contributed by atoms with E-state index in [4.69, 9.17) is 0 Å². The first kappa shape index (κ1) is 11.2. The van der Waals surface area contributed by atoms with Crippen LogP contribution in [0.2, 0.25) is 0 Å². The van der Waals surface area contributed by atoms with Gasteiger partial charge in [0.05, 0.1) is 0 Å². The molecule has 0 spiro atoms. The Bertz CT molecular complexity index is 275. The third kappa shape index (κ3) is 3.32. The molecule has 1 aromatic rings. The second kappa shape index (κ2) is 5.13. The fourth-order valence-corrected chi connectivity index (χ4v) is 2.96. The Hall–Kier alpha value is -0.340. The highest BCUT2D eigenvalue weighted by molar-refractivity contribution is 7.10. The topological polar surface area (TPSA) is 12.0 Å². The molecule has 2 heteroatoms. The van der Waals surface area contributed by atoms with Gasteiger partial charge in [0.25, 0.3) is 0 Å². The summed E-state index contributed by atoms with van der Waals surface area (Å²) in [5.74, 6) is 1.72. The molecule has 0 bridgehead atoms. The summed E-state index contributed by atoms with van der Waals surface area (Å²) in [6, 6.07) is 4.96. The first-order valence-electron chi connectivity index (χ1n) is 6.04. The summed E-state index contributed by atoms with van der Waals surface area (Å²) in [6.07, 6.45) is 4.30. The maximum Gasteiger partial charge on any atom is 0.0438 e. The quantitative estimate of drug-likeness (QED) is 0.772. The fourth-order valence-electron chi connectivity index (χ4n) is 1.98. The lowest BCUT2D eigenvalue weighted by Gasteiger charge is -2.21. The molecule has 1 aliphatic rings. The van der Waals surface area contributed by atoms with Crippen molar-refractivity contribution in [2.24, 2.45) is 11.8 Å². The highest BCUT2D eigenvalue weighted by atomic mass is 32.1. The van der Waals surface area contributed by atoms with Gasteiger partial charge in [-0.25, -0.2) is 0 Å². The Morgan fingerprint density at radius 2 is 2.27 bits per heavy atom. The third-order valence-corrected chi connectivity index (χ3v) is 4.09. The van der Waals surface area contributed by atoms with E-state index in [0.29, 0.717) is 12.0 Å². The monoisotopic (exact) mass is 223 g/mol. The highest BCUT2D eigenvalue weighted by Gasteiger charge is 2.22. The van der Waals surface area contributed by atoms with E-state index in [1.807, 2.05) is 11.3 Å². The molecule has 1 fully saturated rings. The molecule has 2 rings (SSSR count). The molecule has 0 aromatic carbocycles. The van der Waals surface area contributed by atoms with Crippen LogP contribution in [-0.2, 0) is 0 Å². The predicted molar refractivity (Wildman–Crippen MR) is 67.2 cm³/mol. The van der Waals surface area contributed by atoms with Gasteiger partial charge < -0.3 is 5.32 Å². The van der Waals surface area contributed by atoms with E-state index in [0.717, 1.165) is 5.92 Å². The predicted octanol–water partition coefficient (Wildman–Crippen LogP) is 3.83. The maximum absolute atomic E-state index is 3.70. The fraction of sp³-hybridized carbons (Fsp3) is 0.692. The van der Waals surface area contributed by atoms with Crippen molar-refractivity contribution in [2.45, 2.75) is 39.2 Å². The van der Waals surface area contributed by atoms with Crippen LogP contribution in [-0.4, -0.2) is 6.54 Å². The molecule has 1 N–H and O–H groups in total. The largest absolute Gasteiger partial charge is 0.309 e. The molecule has 1 heterocycles. The van der Waals surface area contributed by atoms with E-state index in [1.165, 1.54) is 30.7 Å². The van der Waals surface area contributed by atoms with Gasteiger partial charge in [-0.05, 0) is 36.2 Å². The van der Waals surface area contributed by atoms with E-state index >= 15 is 0 Å². The van der Waals surface area contributed by atoms with Crippen molar-refractivity contribution in [1.82, 2.24) is 5.32 Å². The maximum atomic E-state index is 3.70. The lowest BCUT2D eigenvalue weighted by atomic mass is 10.0. The molecule has 1 aromatic heterocycles. The number of rotatable bonds is 6. The number of thiophene rings is 1. The molecule has 1 unspecified atom stereocenters. The van der Waals surface area contributed by atoms with E-state index < -0.39 is 0 Å². The van der Waals surface area contributed by atoms with Gasteiger partial charge in [-0.3, -0.25) is 0 Å². The van der Waals surface area contributed by atoms with Crippen LogP contribution < -0.4 is 5.32 Å². The summed E-state index contributed by atoms with van der Waals surface area (Å²) in [5.41, 5.74) is 0. The number of nitrogens with one attached hydrogen (secondary N) is 1. The first-order chi connectivity index (χ1) is 7.27. The molecule has 0 amide bonds. The van der Waals surface area contributed by atoms with Crippen molar-refractivity contribution < 1.29 is 0 Å². The number of hydrogen-bond donors (Lipinski definition) is 1. The zero-order chi connectivity index (χ0) is 10.7. The van der Waals surface area contributed by atoms with Gasteiger partial charge in [-0.2, -0.15) is 0 Å². The molecular formula is C13H21NS. The molecule has 84 valence electrons. The smallest absolute Gasteiger partial charge is 0.0438 e. The van der Waals surface area contributed by atoms with Crippen LogP contribution in [0.3, 0.4) is 0 Å².